The molecule has 0 radical (unpaired) electrons. The van der Waals surface area contributed by atoms with Gasteiger partial charge in [-0.05, 0) is 45.1 Å². The molecule has 3 nitrogen and oxygen atoms in total. The van der Waals surface area contributed by atoms with Gasteiger partial charge in [-0.15, -0.1) is 0 Å². The van der Waals surface area contributed by atoms with Gasteiger partial charge in [0.05, 0.1) is 6.10 Å². The molecule has 4 unspecified atom stereocenters. The third-order valence-corrected chi connectivity index (χ3v) is 5.63. The molecule has 0 aromatic rings. The fourth-order valence-electron chi connectivity index (χ4n) is 4.24. The number of ether oxygens (including phenoxy) is 1. The molecule has 0 aliphatic carbocycles. The zero-order valence-electron chi connectivity index (χ0n) is 12.7. The lowest BCUT2D eigenvalue weighted by molar-refractivity contribution is -0.00626. The second-order valence-electron chi connectivity index (χ2n) is 6.79. The van der Waals surface area contributed by atoms with Crippen LogP contribution in [0.15, 0.2) is 0 Å². The van der Waals surface area contributed by atoms with E-state index in [0.29, 0.717) is 6.10 Å². The molecule has 0 saturated carbocycles. The lowest BCUT2D eigenvalue weighted by atomic mass is 9.93. The maximum Gasteiger partial charge on any atom is 0.0588 e. The highest BCUT2D eigenvalue weighted by Gasteiger charge is 2.36. The zero-order chi connectivity index (χ0) is 13.2. The molecule has 0 aromatic heterocycles. The van der Waals surface area contributed by atoms with Gasteiger partial charge in [0.1, 0.15) is 0 Å². The van der Waals surface area contributed by atoms with E-state index >= 15 is 0 Å². The van der Waals surface area contributed by atoms with E-state index < -0.39 is 0 Å². The van der Waals surface area contributed by atoms with E-state index in [1.165, 1.54) is 58.3 Å². The van der Waals surface area contributed by atoms with Crippen LogP contribution in [0.1, 0.15) is 46.0 Å². The van der Waals surface area contributed by atoms with E-state index in [0.717, 1.165) is 24.6 Å². The van der Waals surface area contributed by atoms with Gasteiger partial charge in [0, 0.05) is 38.3 Å². The number of fused-ring (bicyclic) bond motifs is 1. The highest BCUT2D eigenvalue weighted by atomic mass is 16.5. The second-order valence-corrected chi connectivity index (χ2v) is 6.79. The summed E-state index contributed by atoms with van der Waals surface area (Å²) in [5, 5.41) is 0. The van der Waals surface area contributed by atoms with Crippen molar-refractivity contribution in [3.8, 4) is 0 Å². The van der Waals surface area contributed by atoms with Crippen LogP contribution < -0.4 is 0 Å². The average Bonchev–Trinajstić information content (AvgIpc) is 2.83. The molecular weight excluding hydrogens is 236 g/mol. The molecule has 0 amide bonds. The molecule has 19 heavy (non-hydrogen) atoms. The first-order chi connectivity index (χ1) is 9.28. The van der Waals surface area contributed by atoms with Gasteiger partial charge in [-0.2, -0.15) is 0 Å². The number of piperazine rings is 1. The monoisotopic (exact) mass is 266 g/mol. The first kappa shape index (κ1) is 13.8. The number of hydrogen-bond donors (Lipinski definition) is 0. The Labute approximate surface area is 118 Å². The van der Waals surface area contributed by atoms with Crippen LogP contribution in [0.25, 0.3) is 0 Å². The van der Waals surface area contributed by atoms with E-state index in [1.807, 2.05) is 0 Å². The van der Waals surface area contributed by atoms with Crippen LogP contribution in [0.3, 0.4) is 0 Å². The van der Waals surface area contributed by atoms with Crippen LogP contribution in [0.4, 0.5) is 0 Å². The molecule has 3 rings (SSSR count). The minimum atomic E-state index is 0.474. The average molecular weight is 266 g/mol. The maximum atomic E-state index is 5.75. The summed E-state index contributed by atoms with van der Waals surface area (Å²) in [6.07, 6.45) is 7.31. The highest BCUT2D eigenvalue weighted by molar-refractivity contribution is 4.91. The summed E-state index contributed by atoms with van der Waals surface area (Å²) in [5.74, 6) is 0.768. The maximum absolute atomic E-state index is 5.75. The predicted octanol–water partition coefficient (Wildman–Crippen LogP) is 2.36. The summed E-state index contributed by atoms with van der Waals surface area (Å²) in [4.78, 5) is 5.56. The number of rotatable bonds is 3. The quantitative estimate of drug-likeness (QED) is 0.780. The van der Waals surface area contributed by atoms with Crippen molar-refractivity contribution in [3.63, 3.8) is 0 Å². The molecule has 4 atom stereocenters. The van der Waals surface area contributed by atoms with Crippen molar-refractivity contribution in [1.82, 2.24) is 9.80 Å². The van der Waals surface area contributed by atoms with E-state index in [1.54, 1.807) is 0 Å². The summed E-state index contributed by atoms with van der Waals surface area (Å²) in [5.41, 5.74) is 0. The normalized spacial score (nSPS) is 41.4. The third-order valence-electron chi connectivity index (χ3n) is 5.63. The van der Waals surface area contributed by atoms with Gasteiger partial charge in [0.15, 0.2) is 0 Å². The molecule has 110 valence electrons. The van der Waals surface area contributed by atoms with Crippen molar-refractivity contribution >= 4 is 0 Å². The minimum absolute atomic E-state index is 0.474. The summed E-state index contributed by atoms with van der Waals surface area (Å²) in [7, 11) is 0. The Morgan fingerprint density at radius 3 is 2.79 bits per heavy atom. The van der Waals surface area contributed by atoms with Crippen molar-refractivity contribution in [2.24, 2.45) is 5.92 Å². The standard InChI is InChI=1S/C16H30N2O/c1-3-15-11-17-8-5-4-6-16(17)12-18(15)10-14-7-9-19-13(14)2/h13-16H,3-12H2,1-2H3. The van der Waals surface area contributed by atoms with Crippen LogP contribution in [0, 0.1) is 5.92 Å². The summed E-state index contributed by atoms with van der Waals surface area (Å²) in [6, 6.07) is 1.62. The Hall–Kier alpha value is -0.120. The molecule has 0 N–H and O–H groups in total. The highest BCUT2D eigenvalue weighted by Crippen LogP contribution is 2.28. The third kappa shape index (κ3) is 2.98. The smallest absolute Gasteiger partial charge is 0.0588 e. The Bertz CT molecular complexity index is 296. The first-order valence-corrected chi connectivity index (χ1v) is 8.37. The molecule has 3 heterocycles. The topological polar surface area (TPSA) is 15.7 Å². The molecule has 3 aliphatic heterocycles. The summed E-state index contributed by atoms with van der Waals surface area (Å²) in [6.45, 7) is 10.8. The second kappa shape index (κ2) is 6.11. The number of hydrogen-bond acceptors (Lipinski definition) is 3. The molecular formula is C16H30N2O. The molecule has 3 heteroatoms. The fourth-order valence-corrected chi connectivity index (χ4v) is 4.24. The summed E-state index contributed by atoms with van der Waals surface area (Å²) < 4.78 is 5.75. The van der Waals surface area contributed by atoms with E-state index in [-0.39, 0.29) is 0 Å². The molecule has 0 aromatic carbocycles. The van der Waals surface area contributed by atoms with Crippen LogP contribution in [0.5, 0.6) is 0 Å². The van der Waals surface area contributed by atoms with Gasteiger partial charge in [-0.1, -0.05) is 13.3 Å². The van der Waals surface area contributed by atoms with Crippen molar-refractivity contribution < 1.29 is 4.74 Å². The molecule has 3 saturated heterocycles. The molecule has 3 aliphatic rings. The molecule has 3 fully saturated rings. The molecule has 0 spiro atoms. The Morgan fingerprint density at radius 2 is 2.05 bits per heavy atom. The van der Waals surface area contributed by atoms with E-state index in [2.05, 4.69) is 23.6 Å². The van der Waals surface area contributed by atoms with Crippen molar-refractivity contribution in [2.45, 2.75) is 64.1 Å². The summed E-state index contributed by atoms with van der Waals surface area (Å²) >= 11 is 0. The van der Waals surface area contributed by atoms with Crippen LogP contribution in [-0.2, 0) is 4.74 Å². The van der Waals surface area contributed by atoms with Crippen molar-refractivity contribution in [2.75, 3.05) is 32.8 Å². The lowest BCUT2D eigenvalue weighted by Gasteiger charge is -2.49. The zero-order valence-corrected chi connectivity index (χ0v) is 12.7. The largest absolute Gasteiger partial charge is 0.378 e. The van der Waals surface area contributed by atoms with Gasteiger partial charge in [-0.3, -0.25) is 9.80 Å². The number of nitrogens with zero attached hydrogens (tertiary/aromatic N) is 2. The van der Waals surface area contributed by atoms with Gasteiger partial charge in [-0.25, -0.2) is 0 Å². The van der Waals surface area contributed by atoms with Crippen molar-refractivity contribution in [1.29, 1.82) is 0 Å². The Kier molecular flexibility index (Phi) is 4.45. The van der Waals surface area contributed by atoms with Crippen LogP contribution in [0.2, 0.25) is 0 Å². The first-order valence-electron chi connectivity index (χ1n) is 8.37. The van der Waals surface area contributed by atoms with Gasteiger partial charge < -0.3 is 4.74 Å². The van der Waals surface area contributed by atoms with E-state index in [9.17, 15) is 0 Å². The van der Waals surface area contributed by atoms with Gasteiger partial charge >= 0.3 is 0 Å². The van der Waals surface area contributed by atoms with Crippen molar-refractivity contribution in [3.05, 3.63) is 0 Å². The minimum Gasteiger partial charge on any atom is -0.378 e. The SMILES string of the molecule is CCC1CN2CCCCC2CN1CC1CCOC1C. The number of piperidine rings is 1. The molecule has 0 bridgehead atoms. The van der Waals surface area contributed by atoms with Gasteiger partial charge in [0.2, 0.25) is 0 Å². The van der Waals surface area contributed by atoms with Gasteiger partial charge in [0.25, 0.3) is 0 Å². The lowest BCUT2D eigenvalue weighted by Crippen LogP contribution is -2.60. The fraction of sp³-hybridized carbons (Fsp3) is 1.00. The Balaban J connectivity index is 1.62. The predicted molar refractivity (Wildman–Crippen MR) is 78.4 cm³/mol. The van der Waals surface area contributed by atoms with E-state index in [4.69, 9.17) is 4.74 Å². The van der Waals surface area contributed by atoms with Crippen LogP contribution in [-0.4, -0.2) is 60.8 Å². The van der Waals surface area contributed by atoms with Crippen LogP contribution >= 0.6 is 0 Å². The Morgan fingerprint density at radius 1 is 1.16 bits per heavy atom.